The van der Waals surface area contributed by atoms with Gasteiger partial charge in [0, 0.05) is 5.56 Å². The monoisotopic (exact) mass is 251 g/mol. The van der Waals surface area contributed by atoms with Crippen molar-refractivity contribution in [3.05, 3.63) is 17.5 Å². The van der Waals surface area contributed by atoms with Crippen LogP contribution in [0.4, 0.5) is 4.79 Å². The normalized spacial score (nSPS) is 17.7. The van der Waals surface area contributed by atoms with Crippen molar-refractivity contribution in [1.82, 2.24) is 15.1 Å². The number of nitrogens with one attached hydrogen (secondary N) is 1. The quantitative estimate of drug-likeness (QED) is 0.527. The molecule has 0 aliphatic carbocycles. The molecule has 0 radical (unpaired) electrons. The fraction of sp³-hybridized carbons (Fsp3) is 0.545. The zero-order chi connectivity index (χ0) is 13.3. The Hall–Kier alpha value is -2.05. The molecule has 98 valence electrons. The third-order valence-electron chi connectivity index (χ3n) is 2.53. The van der Waals surface area contributed by atoms with Crippen LogP contribution in [0.1, 0.15) is 32.0 Å². The molecular weight excluding hydrogens is 234 g/mol. The van der Waals surface area contributed by atoms with Crippen LogP contribution >= 0.6 is 0 Å². The van der Waals surface area contributed by atoms with Gasteiger partial charge in [0.1, 0.15) is 5.60 Å². The van der Waals surface area contributed by atoms with E-state index in [4.69, 9.17) is 10.6 Å². The Balaban J connectivity index is 2.17. The van der Waals surface area contributed by atoms with Crippen LogP contribution in [0.2, 0.25) is 0 Å². The van der Waals surface area contributed by atoms with E-state index in [-0.39, 0.29) is 6.09 Å². The number of ether oxygens (including phenoxy) is 1. The molecule has 7 nitrogen and oxygen atoms in total. The Kier molecular flexibility index (Phi) is 2.98. The molecule has 1 aromatic heterocycles. The van der Waals surface area contributed by atoms with Gasteiger partial charge in [0.2, 0.25) is 0 Å². The van der Waals surface area contributed by atoms with Crippen LogP contribution in [0.15, 0.2) is 11.3 Å². The summed E-state index contributed by atoms with van der Waals surface area (Å²) in [5.74, 6) is 5.33. The van der Waals surface area contributed by atoms with Crippen molar-refractivity contribution in [2.75, 3.05) is 6.54 Å². The molecule has 18 heavy (non-hydrogen) atoms. The highest BCUT2D eigenvalue weighted by Crippen LogP contribution is 2.19. The van der Waals surface area contributed by atoms with E-state index < -0.39 is 5.60 Å². The van der Waals surface area contributed by atoms with Crippen LogP contribution in [0.5, 0.6) is 0 Å². The molecule has 0 bridgehead atoms. The Morgan fingerprint density at radius 1 is 1.56 bits per heavy atom. The summed E-state index contributed by atoms with van der Waals surface area (Å²) in [6.45, 7) is 6.23. The van der Waals surface area contributed by atoms with Gasteiger partial charge >= 0.3 is 6.09 Å². The van der Waals surface area contributed by atoms with Crippen molar-refractivity contribution in [3.63, 3.8) is 0 Å². The Morgan fingerprint density at radius 2 is 2.28 bits per heavy atom. The van der Waals surface area contributed by atoms with Gasteiger partial charge in [0.05, 0.1) is 30.7 Å². The number of carbonyl (C=O) groups is 1. The molecule has 0 atom stereocenters. The smallest absolute Gasteiger partial charge is 0.410 e. The first-order valence-electron chi connectivity index (χ1n) is 5.68. The van der Waals surface area contributed by atoms with Gasteiger partial charge in [0.25, 0.3) is 0 Å². The van der Waals surface area contributed by atoms with Crippen molar-refractivity contribution < 1.29 is 9.53 Å². The second-order valence-electron chi connectivity index (χ2n) is 5.17. The minimum Gasteiger partial charge on any atom is -0.444 e. The number of hydrogen-bond acceptors (Lipinski definition) is 5. The summed E-state index contributed by atoms with van der Waals surface area (Å²) >= 11 is 0. The van der Waals surface area contributed by atoms with Gasteiger partial charge in [-0.05, 0) is 20.8 Å². The lowest BCUT2D eigenvalue weighted by Crippen LogP contribution is -2.42. The predicted molar refractivity (Wildman–Crippen MR) is 66.0 cm³/mol. The topological polar surface area (TPSA) is 96.6 Å². The molecule has 0 unspecified atom stereocenters. The highest BCUT2D eigenvalue weighted by Gasteiger charge is 2.29. The van der Waals surface area contributed by atoms with E-state index in [1.165, 1.54) is 4.90 Å². The van der Waals surface area contributed by atoms with Crippen molar-refractivity contribution >= 4 is 11.8 Å². The molecular formula is C11H17N5O2. The molecule has 1 amide bonds. The number of H-pyrrole nitrogens is 1. The van der Waals surface area contributed by atoms with E-state index in [0.29, 0.717) is 18.8 Å². The maximum atomic E-state index is 12.0. The maximum Gasteiger partial charge on any atom is 0.410 e. The molecule has 0 spiro atoms. The van der Waals surface area contributed by atoms with Gasteiger partial charge in [-0.1, -0.05) is 0 Å². The maximum absolute atomic E-state index is 12.0. The molecule has 2 rings (SSSR count). The highest BCUT2D eigenvalue weighted by molar-refractivity contribution is 6.04. The second-order valence-corrected chi connectivity index (χ2v) is 5.17. The zero-order valence-electron chi connectivity index (χ0n) is 10.7. The number of fused-ring (bicyclic) bond motifs is 1. The lowest BCUT2D eigenvalue weighted by Gasteiger charge is -2.30. The molecule has 0 saturated heterocycles. The van der Waals surface area contributed by atoms with E-state index in [2.05, 4.69) is 15.3 Å². The first kappa shape index (κ1) is 12.4. The summed E-state index contributed by atoms with van der Waals surface area (Å²) in [5, 5.41) is 10.5. The third-order valence-corrected chi connectivity index (χ3v) is 2.53. The second kappa shape index (κ2) is 4.32. The van der Waals surface area contributed by atoms with Crippen molar-refractivity contribution in [1.29, 1.82) is 0 Å². The predicted octanol–water partition coefficient (Wildman–Crippen LogP) is 0.823. The molecule has 0 saturated carbocycles. The number of carbonyl (C=O) groups excluding carboxylic acids is 1. The highest BCUT2D eigenvalue weighted by atomic mass is 16.6. The van der Waals surface area contributed by atoms with Crippen molar-refractivity contribution in [2.45, 2.75) is 32.9 Å². The van der Waals surface area contributed by atoms with Gasteiger partial charge in [-0.2, -0.15) is 10.2 Å². The lowest BCUT2D eigenvalue weighted by molar-refractivity contribution is 0.0257. The van der Waals surface area contributed by atoms with Crippen LogP contribution < -0.4 is 5.84 Å². The Labute approximate surface area is 105 Å². The number of aromatic nitrogens is 2. The zero-order valence-corrected chi connectivity index (χ0v) is 10.7. The molecule has 1 aliphatic heterocycles. The average Bonchev–Trinajstić information content (AvgIpc) is 2.73. The lowest BCUT2D eigenvalue weighted by atomic mass is 10.1. The average molecular weight is 251 g/mol. The first-order valence-corrected chi connectivity index (χ1v) is 5.68. The number of amides is 1. The molecule has 0 fully saturated rings. The van der Waals surface area contributed by atoms with E-state index in [1.807, 2.05) is 20.8 Å². The van der Waals surface area contributed by atoms with E-state index in [0.717, 1.165) is 11.3 Å². The number of aromatic amines is 1. The summed E-state index contributed by atoms with van der Waals surface area (Å²) in [6, 6.07) is 0. The number of hydrazone groups is 1. The fourth-order valence-corrected chi connectivity index (χ4v) is 1.76. The van der Waals surface area contributed by atoms with Crippen LogP contribution in [0.3, 0.4) is 0 Å². The largest absolute Gasteiger partial charge is 0.444 e. The van der Waals surface area contributed by atoms with Crippen LogP contribution in [0.25, 0.3) is 0 Å². The molecule has 7 heteroatoms. The van der Waals surface area contributed by atoms with Crippen molar-refractivity contribution in [2.24, 2.45) is 10.9 Å². The summed E-state index contributed by atoms with van der Waals surface area (Å²) in [4.78, 5) is 13.5. The fourth-order valence-electron chi connectivity index (χ4n) is 1.76. The standard InChI is InChI=1S/C11H17N5O2/c1-11(2,3)18-10(17)16-5-8(14-12)7-4-13-15-9(7)6-16/h4H,5-6,12H2,1-3H3,(H,13,15)/b14-8+. The number of hydrogen-bond donors (Lipinski definition) is 2. The summed E-state index contributed by atoms with van der Waals surface area (Å²) in [5.41, 5.74) is 1.77. The van der Waals surface area contributed by atoms with Gasteiger partial charge in [-0.15, -0.1) is 0 Å². The molecule has 1 aromatic rings. The van der Waals surface area contributed by atoms with E-state index >= 15 is 0 Å². The minimum absolute atomic E-state index is 0.331. The molecule has 1 aliphatic rings. The summed E-state index contributed by atoms with van der Waals surface area (Å²) in [6.07, 6.45) is 1.27. The Bertz CT molecular complexity index is 486. The summed E-state index contributed by atoms with van der Waals surface area (Å²) < 4.78 is 5.32. The molecule has 2 heterocycles. The van der Waals surface area contributed by atoms with E-state index in [9.17, 15) is 4.79 Å². The third kappa shape index (κ3) is 2.44. The summed E-state index contributed by atoms with van der Waals surface area (Å²) in [7, 11) is 0. The SMILES string of the molecule is CC(C)(C)OC(=O)N1C/C(=N\N)c2cn[nH]c2C1. The van der Waals surface area contributed by atoms with E-state index in [1.54, 1.807) is 6.20 Å². The van der Waals surface area contributed by atoms with Crippen LogP contribution in [-0.2, 0) is 11.3 Å². The molecule has 0 aromatic carbocycles. The number of rotatable bonds is 0. The Morgan fingerprint density at radius 3 is 2.89 bits per heavy atom. The van der Waals surface area contributed by atoms with Gasteiger partial charge < -0.3 is 10.6 Å². The minimum atomic E-state index is -0.522. The molecule has 3 N–H and O–H groups in total. The number of nitrogens with zero attached hydrogens (tertiary/aromatic N) is 3. The van der Waals surface area contributed by atoms with Gasteiger partial charge in [-0.3, -0.25) is 10.00 Å². The van der Waals surface area contributed by atoms with Gasteiger partial charge in [-0.25, -0.2) is 4.79 Å². The van der Waals surface area contributed by atoms with Crippen molar-refractivity contribution in [3.8, 4) is 0 Å². The number of nitrogens with two attached hydrogens (primary N) is 1. The van der Waals surface area contributed by atoms with Crippen LogP contribution in [-0.4, -0.2) is 39.0 Å². The first-order chi connectivity index (χ1) is 8.40. The van der Waals surface area contributed by atoms with Gasteiger partial charge in [0.15, 0.2) is 0 Å². The van der Waals surface area contributed by atoms with Crippen LogP contribution in [0, 0.1) is 0 Å².